The number of nitrogens with zero attached hydrogens (tertiary/aromatic N) is 1. The van der Waals surface area contributed by atoms with Crippen LogP contribution < -0.4 is 5.32 Å². The number of barbiturate groups is 1. The second kappa shape index (κ2) is 5.43. The van der Waals surface area contributed by atoms with Crippen LogP contribution in [0.25, 0.3) is 0 Å². The first kappa shape index (κ1) is 16.0. The summed E-state index contributed by atoms with van der Waals surface area (Å²) in [5.74, 6) is -0.683. The van der Waals surface area contributed by atoms with Crippen molar-refractivity contribution in [3.63, 3.8) is 0 Å². The van der Waals surface area contributed by atoms with E-state index in [4.69, 9.17) is 0 Å². The smallest absolute Gasteiger partial charge is 0.277 e. The number of hydrogen-bond acceptors (Lipinski definition) is 3. The molecule has 1 saturated heterocycles. The van der Waals surface area contributed by atoms with Gasteiger partial charge in [-0.1, -0.05) is 46.5 Å². The van der Waals surface area contributed by atoms with Crippen LogP contribution in [-0.4, -0.2) is 28.8 Å². The molecule has 2 aliphatic rings. The quantitative estimate of drug-likeness (QED) is 0.756. The van der Waals surface area contributed by atoms with Crippen molar-refractivity contribution in [2.75, 3.05) is 0 Å². The lowest BCUT2D eigenvalue weighted by atomic mass is 9.75. The van der Waals surface area contributed by atoms with Gasteiger partial charge >= 0.3 is 6.03 Å². The molecule has 1 unspecified atom stereocenters. The molecule has 1 spiro atoms. The van der Waals surface area contributed by atoms with Crippen molar-refractivity contribution in [3.05, 3.63) is 0 Å². The molecule has 1 aliphatic carbocycles. The van der Waals surface area contributed by atoms with Crippen molar-refractivity contribution >= 4 is 17.8 Å². The Morgan fingerprint density at radius 1 is 1.05 bits per heavy atom. The Labute approximate surface area is 126 Å². The number of nitrogens with one attached hydrogen (secondary N) is 1. The summed E-state index contributed by atoms with van der Waals surface area (Å²) in [6.45, 7) is 7.86. The third kappa shape index (κ3) is 2.70. The Morgan fingerprint density at radius 3 is 2.05 bits per heavy atom. The number of carbonyl (C=O) groups is 3. The summed E-state index contributed by atoms with van der Waals surface area (Å²) in [6.07, 6.45) is 4.93. The predicted molar refractivity (Wildman–Crippen MR) is 79.4 cm³/mol. The molecule has 1 atom stereocenters. The molecule has 118 valence electrons. The van der Waals surface area contributed by atoms with Crippen LogP contribution in [0.15, 0.2) is 0 Å². The maximum absolute atomic E-state index is 13.0. The maximum Gasteiger partial charge on any atom is 0.331 e. The molecule has 0 aromatic rings. The van der Waals surface area contributed by atoms with Crippen LogP contribution in [0, 0.1) is 10.8 Å². The lowest BCUT2D eigenvalue weighted by Crippen LogP contribution is -2.67. The fourth-order valence-corrected chi connectivity index (χ4v) is 3.21. The molecule has 1 N–H and O–H groups in total. The van der Waals surface area contributed by atoms with Crippen LogP contribution >= 0.6 is 0 Å². The van der Waals surface area contributed by atoms with Crippen molar-refractivity contribution in [3.8, 4) is 0 Å². The van der Waals surface area contributed by atoms with Crippen LogP contribution in [-0.2, 0) is 9.59 Å². The molecule has 0 radical (unpaired) electrons. The van der Waals surface area contributed by atoms with E-state index < -0.39 is 17.4 Å². The van der Waals surface area contributed by atoms with Gasteiger partial charge in [-0.15, -0.1) is 0 Å². The maximum atomic E-state index is 13.0. The van der Waals surface area contributed by atoms with E-state index in [1.807, 2.05) is 27.7 Å². The van der Waals surface area contributed by atoms with Crippen molar-refractivity contribution < 1.29 is 14.4 Å². The average molecular weight is 294 g/mol. The summed E-state index contributed by atoms with van der Waals surface area (Å²) in [4.78, 5) is 38.9. The van der Waals surface area contributed by atoms with Gasteiger partial charge in [0.15, 0.2) is 0 Å². The number of carbonyl (C=O) groups excluding carboxylic acids is 3. The molecule has 0 aromatic carbocycles. The molecule has 5 nitrogen and oxygen atoms in total. The van der Waals surface area contributed by atoms with Crippen molar-refractivity contribution in [2.45, 2.75) is 72.3 Å². The van der Waals surface area contributed by atoms with Crippen molar-refractivity contribution in [2.24, 2.45) is 10.8 Å². The van der Waals surface area contributed by atoms with Crippen LogP contribution in [0.4, 0.5) is 4.79 Å². The Morgan fingerprint density at radius 2 is 1.57 bits per heavy atom. The Kier molecular flexibility index (Phi) is 4.13. The second-order valence-corrected chi connectivity index (χ2v) is 7.47. The Bertz CT molecular complexity index is 457. The zero-order valence-corrected chi connectivity index (χ0v) is 13.5. The molecule has 2 rings (SSSR count). The summed E-state index contributed by atoms with van der Waals surface area (Å²) in [6, 6.07) is -0.819. The van der Waals surface area contributed by atoms with Gasteiger partial charge in [-0.3, -0.25) is 19.8 Å². The Balaban J connectivity index is 2.37. The second-order valence-electron chi connectivity index (χ2n) is 7.47. The highest BCUT2D eigenvalue weighted by Gasteiger charge is 2.55. The number of hydrogen-bond donors (Lipinski definition) is 1. The standard InChI is InChI=1S/C16H26N2O3/c1-11(15(2,3)4)18-13(20)16(12(19)17-14(18)21)9-7-5-6-8-10-16/h11H,5-10H2,1-4H3,(H,17,19,21). The minimum atomic E-state index is -1.02. The van der Waals surface area contributed by atoms with E-state index >= 15 is 0 Å². The van der Waals surface area contributed by atoms with Gasteiger partial charge in [0.1, 0.15) is 5.41 Å². The molecular weight excluding hydrogens is 268 g/mol. The SMILES string of the molecule is CC(N1C(=O)NC(=O)C2(CCCCCC2)C1=O)C(C)(C)C. The van der Waals surface area contributed by atoms with Gasteiger partial charge in [0.2, 0.25) is 11.8 Å². The first-order valence-electron chi connectivity index (χ1n) is 7.89. The summed E-state index contributed by atoms with van der Waals surface area (Å²) < 4.78 is 0. The van der Waals surface area contributed by atoms with Gasteiger partial charge in [-0.25, -0.2) is 4.79 Å². The monoisotopic (exact) mass is 294 g/mol. The first-order chi connectivity index (χ1) is 9.70. The fourth-order valence-electron chi connectivity index (χ4n) is 3.21. The van der Waals surface area contributed by atoms with E-state index in [0.717, 1.165) is 25.7 Å². The molecule has 1 heterocycles. The van der Waals surface area contributed by atoms with E-state index in [2.05, 4.69) is 5.32 Å². The van der Waals surface area contributed by atoms with Crippen molar-refractivity contribution in [1.82, 2.24) is 10.2 Å². The fraction of sp³-hybridized carbons (Fsp3) is 0.812. The molecule has 0 aromatic heterocycles. The van der Waals surface area contributed by atoms with E-state index in [0.29, 0.717) is 12.8 Å². The van der Waals surface area contributed by atoms with Crippen molar-refractivity contribution in [1.29, 1.82) is 0 Å². The summed E-state index contributed by atoms with van der Waals surface area (Å²) in [5.41, 5.74) is -1.25. The van der Waals surface area contributed by atoms with E-state index in [9.17, 15) is 14.4 Å². The lowest BCUT2D eigenvalue weighted by molar-refractivity contribution is -0.155. The van der Waals surface area contributed by atoms with Crippen LogP contribution in [0.3, 0.4) is 0 Å². The normalized spacial score (nSPS) is 24.8. The molecular formula is C16H26N2O3. The summed E-state index contributed by atoms with van der Waals surface area (Å²) in [5, 5.41) is 2.43. The number of urea groups is 1. The van der Waals surface area contributed by atoms with Gasteiger partial charge < -0.3 is 0 Å². The molecule has 4 amide bonds. The minimum absolute atomic E-state index is 0.223. The lowest BCUT2D eigenvalue weighted by Gasteiger charge is -2.44. The van der Waals surface area contributed by atoms with Crippen LogP contribution in [0.5, 0.6) is 0 Å². The number of amides is 4. The van der Waals surface area contributed by atoms with Crippen LogP contribution in [0.2, 0.25) is 0 Å². The van der Waals surface area contributed by atoms with E-state index in [1.54, 1.807) is 0 Å². The third-order valence-electron chi connectivity index (χ3n) is 5.10. The molecule has 5 heteroatoms. The highest BCUT2D eigenvalue weighted by Crippen LogP contribution is 2.41. The molecule has 1 aliphatic heterocycles. The summed E-state index contributed by atoms with van der Waals surface area (Å²) in [7, 11) is 0. The van der Waals surface area contributed by atoms with Gasteiger partial charge in [0, 0.05) is 6.04 Å². The third-order valence-corrected chi connectivity index (χ3v) is 5.10. The predicted octanol–water partition coefficient (Wildman–Crippen LogP) is 2.84. The molecule has 0 bridgehead atoms. The largest absolute Gasteiger partial charge is 0.331 e. The van der Waals surface area contributed by atoms with E-state index in [1.165, 1.54) is 4.90 Å². The average Bonchev–Trinajstić information content (AvgIpc) is 2.62. The summed E-state index contributed by atoms with van der Waals surface area (Å²) >= 11 is 0. The zero-order chi connectivity index (χ0) is 15.8. The molecule has 21 heavy (non-hydrogen) atoms. The zero-order valence-electron chi connectivity index (χ0n) is 13.5. The minimum Gasteiger partial charge on any atom is -0.277 e. The van der Waals surface area contributed by atoms with Gasteiger partial charge in [-0.05, 0) is 25.2 Å². The topological polar surface area (TPSA) is 66.5 Å². The van der Waals surface area contributed by atoms with E-state index in [-0.39, 0.29) is 17.4 Å². The first-order valence-corrected chi connectivity index (χ1v) is 7.89. The number of imide groups is 2. The Hall–Kier alpha value is -1.39. The van der Waals surface area contributed by atoms with Gasteiger partial charge in [0.05, 0.1) is 0 Å². The van der Waals surface area contributed by atoms with Crippen LogP contribution in [0.1, 0.15) is 66.2 Å². The van der Waals surface area contributed by atoms with Gasteiger partial charge in [-0.2, -0.15) is 0 Å². The van der Waals surface area contributed by atoms with Gasteiger partial charge in [0.25, 0.3) is 0 Å². The highest BCUT2D eigenvalue weighted by molar-refractivity contribution is 6.19. The number of rotatable bonds is 1. The highest BCUT2D eigenvalue weighted by atomic mass is 16.2. The molecule has 2 fully saturated rings. The molecule has 1 saturated carbocycles.